The van der Waals surface area contributed by atoms with Crippen molar-refractivity contribution in [3.63, 3.8) is 0 Å². The third-order valence-electron chi connectivity index (χ3n) is 2.35. The molecule has 0 spiro atoms. The van der Waals surface area contributed by atoms with Crippen molar-refractivity contribution in [1.29, 1.82) is 0 Å². The molecule has 0 unspecified atom stereocenters. The molecule has 1 aliphatic rings. The summed E-state index contributed by atoms with van der Waals surface area (Å²) in [5, 5.41) is 0. The Kier molecular flexibility index (Phi) is 4.10. The third kappa shape index (κ3) is 3.59. The Morgan fingerprint density at radius 1 is 1.38 bits per heavy atom. The maximum Gasteiger partial charge on any atom is 0.223 e. The van der Waals surface area contributed by atoms with E-state index < -0.39 is 0 Å². The van der Waals surface area contributed by atoms with Gasteiger partial charge in [0.2, 0.25) is 5.91 Å². The molecule has 2 nitrogen and oxygen atoms in total. The Hall–Kier alpha value is -0.180. The topological polar surface area (TPSA) is 20.3 Å². The van der Waals surface area contributed by atoms with Crippen molar-refractivity contribution in [2.24, 2.45) is 5.92 Å². The first-order valence-electron chi connectivity index (χ1n) is 4.96. The number of hydrogen-bond donors (Lipinski definition) is 0. The zero-order valence-corrected chi connectivity index (χ0v) is 9.69. The van der Waals surface area contributed by atoms with Crippen LogP contribution in [0.3, 0.4) is 0 Å². The van der Waals surface area contributed by atoms with Crippen molar-refractivity contribution in [2.45, 2.75) is 20.3 Å². The molecule has 1 fully saturated rings. The molecule has 0 aliphatic carbocycles. The summed E-state index contributed by atoms with van der Waals surface area (Å²) in [5.41, 5.74) is 0. The maximum atomic E-state index is 11.6. The van der Waals surface area contributed by atoms with Gasteiger partial charge in [0.1, 0.15) is 11.5 Å². The summed E-state index contributed by atoms with van der Waals surface area (Å²) in [6.45, 7) is 6.19. The second-order valence-corrected chi connectivity index (χ2v) is 6.55. The molecular weight excluding hydrogens is 182 g/mol. The second-order valence-electron chi connectivity index (χ2n) is 4.17. The Bertz CT molecular complexity index is 174. The van der Waals surface area contributed by atoms with Gasteiger partial charge in [0, 0.05) is 6.42 Å². The molecular formula is C10H20NOS+. The molecule has 13 heavy (non-hydrogen) atoms. The van der Waals surface area contributed by atoms with Gasteiger partial charge in [-0.15, -0.1) is 0 Å². The standard InChI is InChI=1S/C10H20NOS/c1-9(2)8-10(12)11-4-6-13(3)7-5-11/h9H,4-8H2,1-3H3/q+1. The molecule has 0 aromatic carbocycles. The van der Waals surface area contributed by atoms with Crippen LogP contribution in [0.1, 0.15) is 20.3 Å². The van der Waals surface area contributed by atoms with Gasteiger partial charge in [-0.2, -0.15) is 0 Å². The average molecular weight is 202 g/mol. The minimum Gasteiger partial charge on any atom is -0.333 e. The zero-order valence-electron chi connectivity index (χ0n) is 8.88. The van der Waals surface area contributed by atoms with E-state index in [9.17, 15) is 4.79 Å². The normalized spacial score (nSPS) is 19.5. The van der Waals surface area contributed by atoms with Gasteiger partial charge in [-0.1, -0.05) is 13.8 Å². The summed E-state index contributed by atoms with van der Waals surface area (Å²) in [6, 6.07) is 0. The number of carbonyl (C=O) groups is 1. The quantitative estimate of drug-likeness (QED) is 0.615. The van der Waals surface area contributed by atoms with Gasteiger partial charge in [0.05, 0.1) is 19.3 Å². The van der Waals surface area contributed by atoms with Gasteiger partial charge in [-0.3, -0.25) is 4.79 Å². The smallest absolute Gasteiger partial charge is 0.223 e. The molecule has 0 radical (unpaired) electrons. The van der Waals surface area contributed by atoms with Crippen molar-refractivity contribution in [3.8, 4) is 0 Å². The Balaban J connectivity index is 2.31. The Morgan fingerprint density at radius 3 is 2.38 bits per heavy atom. The highest BCUT2D eigenvalue weighted by atomic mass is 32.2. The first-order valence-corrected chi connectivity index (χ1v) is 6.93. The van der Waals surface area contributed by atoms with Crippen LogP contribution in [0.15, 0.2) is 0 Å². The molecule has 0 N–H and O–H groups in total. The third-order valence-corrected chi connectivity index (χ3v) is 4.11. The van der Waals surface area contributed by atoms with Crippen molar-refractivity contribution in [3.05, 3.63) is 0 Å². The maximum absolute atomic E-state index is 11.6. The van der Waals surface area contributed by atoms with Crippen LogP contribution in [0, 0.1) is 5.92 Å². The fourth-order valence-electron chi connectivity index (χ4n) is 1.47. The Labute approximate surface area is 84.0 Å². The highest BCUT2D eigenvalue weighted by Crippen LogP contribution is 2.09. The predicted molar refractivity (Wildman–Crippen MR) is 59.1 cm³/mol. The van der Waals surface area contributed by atoms with Crippen LogP contribution < -0.4 is 0 Å². The molecule has 1 rings (SSSR count). The van der Waals surface area contributed by atoms with E-state index in [4.69, 9.17) is 0 Å². The molecule has 1 heterocycles. The average Bonchev–Trinajstić information content (AvgIpc) is 2.04. The molecule has 0 bridgehead atoms. The van der Waals surface area contributed by atoms with Gasteiger partial charge in [-0.05, 0) is 16.8 Å². The van der Waals surface area contributed by atoms with Gasteiger partial charge in [0.15, 0.2) is 0 Å². The van der Waals surface area contributed by atoms with E-state index in [0.717, 1.165) is 19.5 Å². The molecule has 0 aromatic heterocycles. The van der Waals surface area contributed by atoms with E-state index in [1.807, 2.05) is 4.90 Å². The lowest BCUT2D eigenvalue weighted by Crippen LogP contribution is -2.43. The zero-order chi connectivity index (χ0) is 9.84. The second kappa shape index (κ2) is 4.89. The monoisotopic (exact) mass is 202 g/mol. The lowest BCUT2D eigenvalue weighted by molar-refractivity contribution is -0.131. The van der Waals surface area contributed by atoms with E-state index in [1.54, 1.807) is 0 Å². The minimum atomic E-state index is 0.353. The molecule has 0 saturated carbocycles. The van der Waals surface area contributed by atoms with Gasteiger partial charge in [-0.25, -0.2) is 0 Å². The number of hydrogen-bond acceptors (Lipinski definition) is 1. The van der Waals surface area contributed by atoms with Crippen molar-refractivity contribution >= 4 is 16.8 Å². The van der Waals surface area contributed by atoms with Crippen LogP contribution in [0.4, 0.5) is 0 Å². The van der Waals surface area contributed by atoms with Gasteiger partial charge in [0.25, 0.3) is 0 Å². The largest absolute Gasteiger partial charge is 0.333 e. The summed E-state index contributed by atoms with van der Waals surface area (Å²) >= 11 is 0. The molecule has 1 aliphatic heterocycles. The minimum absolute atomic E-state index is 0.353. The van der Waals surface area contributed by atoms with E-state index in [-0.39, 0.29) is 0 Å². The van der Waals surface area contributed by atoms with Crippen LogP contribution in [-0.4, -0.2) is 41.7 Å². The first kappa shape index (κ1) is 10.9. The summed E-state index contributed by atoms with van der Waals surface area (Å²) in [4.78, 5) is 13.7. The van der Waals surface area contributed by atoms with Crippen LogP contribution in [0.25, 0.3) is 0 Å². The molecule has 0 atom stereocenters. The highest BCUT2D eigenvalue weighted by molar-refractivity contribution is 7.96. The fourth-order valence-corrected chi connectivity index (χ4v) is 2.74. The van der Waals surface area contributed by atoms with Crippen LogP contribution in [0.5, 0.6) is 0 Å². The SMILES string of the molecule is CC(C)CC(=O)N1CC[S+](C)CC1. The van der Waals surface area contributed by atoms with Gasteiger partial charge >= 0.3 is 0 Å². The van der Waals surface area contributed by atoms with Crippen molar-refractivity contribution in [2.75, 3.05) is 30.9 Å². The van der Waals surface area contributed by atoms with Crippen LogP contribution in [0.2, 0.25) is 0 Å². The first-order chi connectivity index (χ1) is 6.09. The lowest BCUT2D eigenvalue weighted by Gasteiger charge is -2.26. The van der Waals surface area contributed by atoms with Crippen molar-refractivity contribution < 1.29 is 4.79 Å². The molecule has 1 amide bonds. The van der Waals surface area contributed by atoms with E-state index in [0.29, 0.717) is 22.7 Å². The molecule has 3 heteroatoms. The molecule has 76 valence electrons. The fraction of sp³-hybridized carbons (Fsp3) is 0.900. The van der Waals surface area contributed by atoms with E-state index >= 15 is 0 Å². The summed E-state index contributed by atoms with van der Waals surface area (Å²) < 4.78 is 0. The van der Waals surface area contributed by atoms with Crippen LogP contribution in [-0.2, 0) is 15.7 Å². The predicted octanol–water partition coefficient (Wildman–Crippen LogP) is 1.12. The van der Waals surface area contributed by atoms with E-state index in [1.165, 1.54) is 11.5 Å². The number of nitrogens with zero attached hydrogens (tertiary/aromatic N) is 1. The summed E-state index contributed by atoms with van der Waals surface area (Å²) in [5.74, 6) is 3.27. The molecule has 1 saturated heterocycles. The van der Waals surface area contributed by atoms with Crippen LogP contribution >= 0.6 is 0 Å². The number of amides is 1. The van der Waals surface area contributed by atoms with Crippen molar-refractivity contribution in [1.82, 2.24) is 4.90 Å². The number of carbonyl (C=O) groups excluding carboxylic acids is 1. The molecule has 0 aromatic rings. The number of rotatable bonds is 2. The Morgan fingerprint density at radius 2 is 1.92 bits per heavy atom. The van der Waals surface area contributed by atoms with E-state index in [2.05, 4.69) is 20.1 Å². The summed E-state index contributed by atoms with van der Waals surface area (Å²) in [6.07, 6.45) is 3.02. The lowest BCUT2D eigenvalue weighted by atomic mass is 10.1. The van der Waals surface area contributed by atoms with Gasteiger partial charge < -0.3 is 4.90 Å². The summed E-state index contributed by atoms with van der Waals surface area (Å²) in [7, 11) is 0.566. The highest BCUT2D eigenvalue weighted by Gasteiger charge is 2.25.